The van der Waals surface area contributed by atoms with E-state index in [-0.39, 0.29) is 0 Å². The highest BCUT2D eigenvalue weighted by Crippen LogP contribution is 2.36. The summed E-state index contributed by atoms with van der Waals surface area (Å²) in [4.78, 5) is 12.9. The second-order valence-electron chi connectivity index (χ2n) is 6.34. The first-order chi connectivity index (χ1) is 13.5. The first-order valence-electron chi connectivity index (χ1n) is 8.47. The number of rotatable bonds is 7. The summed E-state index contributed by atoms with van der Waals surface area (Å²) in [5.41, 5.74) is 1.27. The zero-order valence-corrected chi connectivity index (χ0v) is 18.9. The molecule has 10 heteroatoms. The molecule has 2 rings (SSSR count). The van der Waals surface area contributed by atoms with Gasteiger partial charge in [-0.05, 0) is 31.5 Å². The largest absolute Gasteiger partial charge is 0.495 e. The van der Waals surface area contributed by atoms with Crippen LogP contribution in [-0.4, -0.2) is 40.8 Å². The molecule has 0 saturated carbocycles. The van der Waals surface area contributed by atoms with Gasteiger partial charge < -0.3 is 14.8 Å². The van der Waals surface area contributed by atoms with Gasteiger partial charge in [0, 0.05) is 17.2 Å². The van der Waals surface area contributed by atoms with Gasteiger partial charge in [0.15, 0.2) is 0 Å². The van der Waals surface area contributed by atoms with Crippen LogP contribution in [0.15, 0.2) is 30.3 Å². The molecule has 29 heavy (non-hydrogen) atoms. The number of anilines is 2. The van der Waals surface area contributed by atoms with Crippen molar-refractivity contribution < 1.29 is 22.7 Å². The van der Waals surface area contributed by atoms with Crippen molar-refractivity contribution in [3.63, 3.8) is 0 Å². The van der Waals surface area contributed by atoms with E-state index < -0.39 is 22.0 Å². The lowest BCUT2D eigenvalue weighted by atomic mass is 10.1. The van der Waals surface area contributed by atoms with Crippen LogP contribution in [-0.2, 0) is 14.8 Å². The first kappa shape index (κ1) is 23.1. The molecule has 1 N–H and O–H groups in total. The minimum Gasteiger partial charge on any atom is -0.495 e. The number of methoxy groups -OCH3 is 2. The highest BCUT2D eigenvalue weighted by Gasteiger charge is 2.31. The van der Waals surface area contributed by atoms with E-state index in [1.807, 2.05) is 0 Å². The molecule has 0 saturated heterocycles. The minimum absolute atomic E-state index is 0.293. The van der Waals surface area contributed by atoms with Gasteiger partial charge in [0.25, 0.3) is 0 Å². The number of sulfonamides is 1. The maximum atomic E-state index is 12.9. The van der Waals surface area contributed by atoms with Gasteiger partial charge in [-0.2, -0.15) is 0 Å². The first-order valence-corrected chi connectivity index (χ1v) is 11.1. The van der Waals surface area contributed by atoms with Crippen LogP contribution in [0.2, 0.25) is 10.0 Å². The smallest absolute Gasteiger partial charge is 0.248 e. The third-order valence-electron chi connectivity index (χ3n) is 4.23. The second kappa shape index (κ2) is 9.11. The van der Waals surface area contributed by atoms with Crippen molar-refractivity contribution in [2.45, 2.75) is 19.9 Å². The van der Waals surface area contributed by atoms with Crippen molar-refractivity contribution >= 4 is 50.5 Å². The van der Waals surface area contributed by atoms with E-state index in [1.54, 1.807) is 19.1 Å². The molecule has 0 aliphatic carbocycles. The highest BCUT2D eigenvalue weighted by molar-refractivity contribution is 7.92. The normalized spacial score (nSPS) is 12.2. The number of carbonyl (C=O) groups excluding carboxylic acids is 1. The van der Waals surface area contributed by atoms with Crippen LogP contribution >= 0.6 is 23.2 Å². The fourth-order valence-corrected chi connectivity index (χ4v) is 4.42. The number of amides is 1. The summed E-state index contributed by atoms with van der Waals surface area (Å²) in [6.07, 6.45) is 1.03. The summed E-state index contributed by atoms with van der Waals surface area (Å²) in [6, 6.07) is 6.77. The number of aryl methyl sites for hydroxylation is 1. The molecule has 158 valence electrons. The van der Waals surface area contributed by atoms with Gasteiger partial charge in [0.05, 0.1) is 36.9 Å². The van der Waals surface area contributed by atoms with E-state index in [1.165, 1.54) is 39.3 Å². The molecule has 1 atom stereocenters. The van der Waals surface area contributed by atoms with Crippen LogP contribution < -0.4 is 19.1 Å². The zero-order valence-electron chi connectivity index (χ0n) is 16.6. The van der Waals surface area contributed by atoms with Crippen LogP contribution in [0.1, 0.15) is 12.5 Å². The number of hydrogen-bond donors (Lipinski definition) is 1. The molecule has 0 unspecified atom stereocenters. The molecule has 0 radical (unpaired) electrons. The number of benzene rings is 2. The summed E-state index contributed by atoms with van der Waals surface area (Å²) in [7, 11) is -0.927. The Bertz CT molecular complexity index is 1030. The molecular weight excluding hydrogens is 439 g/mol. The van der Waals surface area contributed by atoms with Gasteiger partial charge in [-0.25, -0.2) is 8.42 Å². The number of halogens is 2. The summed E-state index contributed by atoms with van der Waals surface area (Å²) >= 11 is 12.1. The Morgan fingerprint density at radius 2 is 1.72 bits per heavy atom. The van der Waals surface area contributed by atoms with Crippen LogP contribution in [0, 0.1) is 6.92 Å². The molecule has 2 aromatic rings. The highest BCUT2D eigenvalue weighted by atomic mass is 35.5. The lowest BCUT2D eigenvalue weighted by molar-refractivity contribution is -0.116. The van der Waals surface area contributed by atoms with Crippen molar-refractivity contribution in [3.8, 4) is 11.5 Å². The van der Waals surface area contributed by atoms with Gasteiger partial charge in [-0.15, -0.1) is 0 Å². The average molecular weight is 461 g/mol. The lowest BCUT2D eigenvalue weighted by Gasteiger charge is -2.29. The van der Waals surface area contributed by atoms with Crippen molar-refractivity contribution in [2.24, 2.45) is 0 Å². The molecule has 2 aromatic carbocycles. The molecule has 1 amide bonds. The summed E-state index contributed by atoms with van der Waals surface area (Å²) < 4.78 is 36.5. The monoisotopic (exact) mass is 460 g/mol. The molecule has 0 heterocycles. The van der Waals surface area contributed by atoms with E-state index in [0.717, 1.165) is 10.6 Å². The number of carbonyl (C=O) groups is 1. The van der Waals surface area contributed by atoms with Gasteiger partial charge >= 0.3 is 0 Å². The van der Waals surface area contributed by atoms with E-state index in [0.29, 0.717) is 38.5 Å². The van der Waals surface area contributed by atoms with Crippen molar-refractivity contribution in [3.05, 3.63) is 45.9 Å². The maximum Gasteiger partial charge on any atom is 0.248 e. The van der Waals surface area contributed by atoms with Crippen molar-refractivity contribution in [1.82, 2.24) is 0 Å². The SMILES string of the molecule is COc1cc(NC(=O)[C@H](C)N(c2cc(Cl)ccc2C)S(C)(=O)=O)c(OC)cc1Cl. The van der Waals surface area contributed by atoms with Crippen molar-refractivity contribution in [2.75, 3.05) is 30.1 Å². The van der Waals surface area contributed by atoms with Crippen molar-refractivity contribution in [1.29, 1.82) is 0 Å². The lowest BCUT2D eigenvalue weighted by Crippen LogP contribution is -2.45. The Labute approximate surface area is 180 Å². The standard InChI is InChI=1S/C19H22Cl2N2O5S/c1-11-6-7-13(20)8-16(11)23(29(5,25)26)12(2)19(24)22-15-10-17(27-3)14(21)9-18(15)28-4/h6-10,12H,1-5H3,(H,22,24)/t12-/m0/s1. The fourth-order valence-electron chi connectivity index (χ4n) is 2.80. The molecule has 0 aliphatic rings. The predicted molar refractivity (Wildman–Crippen MR) is 116 cm³/mol. The summed E-state index contributed by atoms with van der Waals surface area (Å²) in [5.74, 6) is 0.0692. The molecule has 0 aliphatic heterocycles. The van der Waals surface area contributed by atoms with Crippen LogP contribution in [0.25, 0.3) is 0 Å². The van der Waals surface area contributed by atoms with Crippen LogP contribution in [0.3, 0.4) is 0 Å². The number of ether oxygens (including phenoxy) is 2. The Kier molecular flexibility index (Phi) is 7.26. The van der Waals surface area contributed by atoms with Gasteiger partial charge in [0.2, 0.25) is 15.9 Å². The molecule has 0 spiro atoms. The Balaban J connectivity index is 2.44. The van der Waals surface area contributed by atoms with E-state index in [9.17, 15) is 13.2 Å². The molecule has 7 nitrogen and oxygen atoms in total. The number of nitrogens with one attached hydrogen (secondary N) is 1. The Morgan fingerprint density at radius 1 is 1.10 bits per heavy atom. The zero-order chi connectivity index (χ0) is 21.9. The molecular formula is C19H22Cl2N2O5S. The fraction of sp³-hybridized carbons (Fsp3) is 0.316. The third-order valence-corrected chi connectivity index (χ3v) is 5.99. The summed E-state index contributed by atoms with van der Waals surface area (Å²) in [6.45, 7) is 3.22. The quantitative estimate of drug-likeness (QED) is 0.671. The van der Waals surface area contributed by atoms with Gasteiger partial charge in [-0.1, -0.05) is 29.3 Å². The molecule has 0 aromatic heterocycles. The van der Waals surface area contributed by atoms with Gasteiger partial charge in [0.1, 0.15) is 17.5 Å². The van der Waals surface area contributed by atoms with Crippen LogP contribution in [0.5, 0.6) is 11.5 Å². The van der Waals surface area contributed by atoms with Gasteiger partial charge in [-0.3, -0.25) is 9.10 Å². The predicted octanol–water partition coefficient (Wildman–Crippen LogP) is 4.11. The minimum atomic E-state index is -3.79. The molecule has 0 fully saturated rings. The topological polar surface area (TPSA) is 84.9 Å². The van der Waals surface area contributed by atoms with E-state index in [4.69, 9.17) is 32.7 Å². The Hall–Kier alpha value is -2.16. The van der Waals surface area contributed by atoms with E-state index in [2.05, 4.69) is 5.32 Å². The Morgan fingerprint density at radius 3 is 2.28 bits per heavy atom. The third kappa shape index (κ3) is 5.26. The van der Waals surface area contributed by atoms with E-state index >= 15 is 0 Å². The summed E-state index contributed by atoms with van der Waals surface area (Å²) in [5, 5.41) is 3.34. The average Bonchev–Trinajstić information content (AvgIpc) is 2.64. The number of nitrogens with zero attached hydrogens (tertiary/aromatic N) is 1. The second-order valence-corrected chi connectivity index (χ2v) is 9.04. The maximum absolute atomic E-state index is 12.9. The van der Waals surface area contributed by atoms with Crippen LogP contribution in [0.4, 0.5) is 11.4 Å². The molecule has 0 bridgehead atoms. The number of hydrogen-bond acceptors (Lipinski definition) is 5.